The van der Waals surface area contributed by atoms with Crippen molar-refractivity contribution in [3.8, 4) is 0 Å². The molecule has 3 heteroatoms. The molecule has 0 rings (SSSR count). The van der Waals surface area contributed by atoms with Crippen LogP contribution in [0.1, 0.15) is 33.1 Å². The predicted molar refractivity (Wildman–Crippen MR) is 46.5 cm³/mol. The Morgan fingerprint density at radius 2 is 2.00 bits per heavy atom. The van der Waals surface area contributed by atoms with Gasteiger partial charge in [-0.3, -0.25) is 4.79 Å². The van der Waals surface area contributed by atoms with Gasteiger partial charge in [-0.15, -0.1) is 17.0 Å². The molecule has 0 aliphatic carbocycles. The highest BCUT2D eigenvalue weighted by atomic mass is 79.9. The fourth-order valence-corrected chi connectivity index (χ4v) is 0.554. The van der Waals surface area contributed by atoms with Crippen LogP contribution in [0.5, 0.6) is 0 Å². The molecule has 0 saturated heterocycles. The summed E-state index contributed by atoms with van der Waals surface area (Å²) in [5, 5.41) is 0. The van der Waals surface area contributed by atoms with Crippen molar-refractivity contribution in [2.75, 3.05) is 6.61 Å². The summed E-state index contributed by atoms with van der Waals surface area (Å²) < 4.78 is 4.70. The number of esters is 1. The summed E-state index contributed by atoms with van der Waals surface area (Å²) in [5.74, 6) is -0.0700. The number of carbonyl (C=O) groups is 1. The summed E-state index contributed by atoms with van der Waals surface area (Å²) in [6.07, 6.45) is 2.57. The maximum atomic E-state index is 10.6. The van der Waals surface area contributed by atoms with E-state index in [0.717, 1.165) is 12.8 Å². The molecule has 0 fully saturated rings. The number of rotatable bonds is 4. The van der Waals surface area contributed by atoms with Crippen LogP contribution in [0.3, 0.4) is 0 Å². The molecule has 0 unspecified atom stereocenters. The van der Waals surface area contributed by atoms with Crippen molar-refractivity contribution in [3.63, 3.8) is 0 Å². The summed E-state index contributed by atoms with van der Waals surface area (Å²) in [6, 6.07) is 0. The molecule has 0 saturated carbocycles. The first kappa shape index (κ1) is 12.6. The average molecular weight is 211 g/mol. The van der Waals surface area contributed by atoms with E-state index in [2.05, 4.69) is 6.92 Å². The van der Waals surface area contributed by atoms with E-state index in [0.29, 0.717) is 13.0 Å². The molecule has 0 aliphatic rings. The first-order chi connectivity index (χ1) is 4.31. The Labute approximate surface area is 72.7 Å². The molecule has 0 N–H and O–H groups in total. The van der Waals surface area contributed by atoms with Crippen molar-refractivity contribution < 1.29 is 9.53 Å². The Morgan fingerprint density at radius 1 is 1.40 bits per heavy atom. The Kier molecular flexibility index (Phi) is 11.3. The highest BCUT2D eigenvalue weighted by Crippen LogP contribution is 1.95. The first-order valence-electron chi connectivity index (χ1n) is 3.46. The van der Waals surface area contributed by atoms with Gasteiger partial charge in [0.05, 0.1) is 6.61 Å². The van der Waals surface area contributed by atoms with Crippen molar-refractivity contribution in [1.82, 2.24) is 0 Å². The highest BCUT2D eigenvalue weighted by Gasteiger charge is 1.97. The van der Waals surface area contributed by atoms with Gasteiger partial charge < -0.3 is 4.74 Å². The highest BCUT2D eigenvalue weighted by molar-refractivity contribution is 8.93. The molecule has 0 heterocycles. The van der Waals surface area contributed by atoms with Crippen LogP contribution in [0.4, 0.5) is 0 Å². The van der Waals surface area contributed by atoms with Gasteiger partial charge >= 0.3 is 5.97 Å². The lowest BCUT2D eigenvalue weighted by atomic mass is 10.3. The minimum Gasteiger partial charge on any atom is -0.466 e. The third kappa shape index (κ3) is 7.95. The Balaban J connectivity index is 0. The Hall–Kier alpha value is -0.0500. The molecule has 10 heavy (non-hydrogen) atoms. The topological polar surface area (TPSA) is 26.3 Å². The quantitative estimate of drug-likeness (QED) is 0.667. The van der Waals surface area contributed by atoms with Gasteiger partial charge in [0, 0.05) is 6.42 Å². The second kappa shape index (κ2) is 8.95. The van der Waals surface area contributed by atoms with Crippen molar-refractivity contribution in [2.45, 2.75) is 33.1 Å². The van der Waals surface area contributed by atoms with Gasteiger partial charge in [-0.1, -0.05) is 13.3 Å². The number of hydrogen-bond acceptors (Lipinski definition) is 2. The number of hydrogen-bond donors (Lipinski definition) is 0. The van der Waals surface area contributed by atoms with Crippen LogP contribution in [0, 0.1) is 0 Å². The van der Waals surface area contributed by atoms with Crippen LogP contribution in [-0.4, -0.2) is 12.6 Å². The van der Waals surface area contributed by atoms with Gasteiger partial charge in [0.1, 0.15) is 0 Å². The fourth-order valence-electron chi connectivity index (χ4n) is 0.554. The summed E-state index contributed by atoms with van der Waals surface area (Å²) in [6.45, 7) is 4.38. The van der Waals surface area contributed by atoms with Crippen LogP contribution in [-0.2, 0) is 9.53 Å². The van der Waals surface area contributed by atoms with Crippen LogP contribution in [0.25, 0.3) is 0 Å². The number of halogens is 1. The summed E-state index contributed by atoms with van der Waals surface area (Å²) in [7, 11) is 0. The smallest absolute Gasteiger partial charge is 0.305 e. The monoisotopic (exact) mass is 210 g/mol. The van der Waals surface area contributed by atoms with E-state index in [1.165, 1.54) is 0 Å². The molecule has 0 bridgehead atoms. The molecule has 0 aromatic carbocycles. The molecule has 0 aromatic heterocycles. The molecular weight excluding hydrogens is 196 g/mol. The lowest BCUT2D eigenvalue weighted by Gasteiger charge is -1.97. The normalized spacial score (nSPS) is 8.20. The summed E-state index contributed by atoms with van der Waals surface area (Å²) in [5.41, 5.74) is 0. The lowest BCUT2D eigenvalue weighted by Crippen LogP contribution is -2.02. The number of carbonyl (C=O) groups excluding carboxylic acids is 1. The molecule has 0 radical (unpaired) electrons. The standard InChI is InChI=1S/C7H14O2.BrH/c1-3-5-6-7(8)9-4-2;/h3-6H2,1-2H3;1H. The Bertz CT molecular complexity index is 83.7. The van der Waals surface area contributed by atoms with Gasteiger partial charge in [0.2, 0.25) is 0 Å². The van der Waals surface area contributed by atoms with Crippen molar-refractivity contribution >= 4 is 23.0 Å². The maximum absolute atomic E-state index is 10.6. The zero-order chi connectivity index (χ0) is 7.11. The maximum Gasteiger partial charge on any atom is 0.305 e. The molecule has 0 aromatic rings. The largest absolute Gasteiger partial charge is 0.466 e. The Morgan fingerprint density at radius 3 is 2.40 bits per heavy atom. The predicted octanol–water partition coefficient (Wildman–Crippen LogP) is 2.32. The van der Waals surface area contributed by atoms with Crippen molar-refractivity contribution in [3.05, 3.63) is 0 Å². The second-order valence-corrected chi connectivity index (χ2v) is 1.91. The molecule has 0 atom stereocenters. The molecule has 2 nitrogen and oxygen atoms in total. The molecule has 0 amide bonds. The summed E-state index contributed by atoms with van der Waals surface area (Å²) in [4.78, 5) is 10.6. The number of unbranched alkanes of at least 4 members (excludes halogenated alkanes) is 1. The van der Waals surface area contributed by atoms with Crippen LogP contribution in [0.2, 0.25) is 0 Å². The third-order valence-corrected chi connectivity index (χ3v) is 1.04. The van der Waals surface area contributed by atoms with Gasteiger partial charge in [-0.25, -0.2) is 0 Å². The minimum atomic E-state index is -0.0700. The van der Waals surface area contributed by atoms with Crippen LogP contribution < -0.4 is 0 Å². The van der Waals surface area contributed by atoms with E-state index in [1.54, 1.807) is 0 Å². The zero-order valence-corrected chi connectivity index (χ0v) is 8.27. The van der Waals surface area contributed by atoms with Crippen molar-refractivity contribution in [1.29, 1.82) is 0 Å². The van der Waals surface area contributed by atoms with Gasteiger partial charge in [-0.05, 0) is 13.3 Å². The lowest BCUT2D eigenvalue weighted by molar-refractivity contribution is -0.143. The molecular formula is C7H15BrO2. The van der Waals surface area contributed by atoms with Gasteiger partial charge in [0.15, 0.2) is 0 Å². The first-order valence-corrected chi connectivity index (χ1v) is 3.46. The van der Waals surface area contributed by atoms with E-state index in [9.17, 15) is 4.79 Å². The average Bonchev–Trinajstić information content (AvgIpc) is 1.85. The van der Waals surface area contributed by atoms with E-state index in [1.807, 2.05) is 6.92 Å². The SMILES string of the molecule is Br.CCCCC(=O)OCC. The summed E-state index contributed by atoms with van der Waals surface area (Å²) >= 11 is 0. The van der Waals surface area contributed by atoms with Crippen LogP contribution >= 0.6 is 17.0 Å². The second-order valence-electron chi connectivity index (χ2n) is 1.91. The zero-order valence-electron chi connectivity index (χ0n) is 6.55. The van der Waals surface area contributed by atoms with Crippen LogP contribution in [0.15, 0.2) is 0 Å². The fraction of sp³-hybridized carbons (Fsp3) is 0.857. The molecule has 0 spiro atoms. The third-order valence-electron chi connectivity index (χ3n) is 1.04. The van der Waals surface area contributed by atoms with E-state index >= 15 is 0 Å². The van der Waals surface area contributed by atoms with Crippen molar-refractivity contribution in [2.24, 2.45) is 0 Å². The molecule has 62 valence electrons. The number of ether oxygens (including phenoxy) is 1. The minimum absolute atomic E-state index is 0. The van der Waals surface area contributed by atoms with E-state index in [-0.39, 0.29) is 23.0 Å². The van der Waals surface area contributed by atoms with Gasteiger partial charge in [-0.2, -0.15) is 0 Å². The van der Waals surface area contributed by atoms with E-state index < -0.39 is 0 Å². The van der Waals surface area contributed by atoms with Gasteiger partial charge in [0.25, 0.3) is 0 Å². The molecule has 0 aliphatic heterocycles. The van der Waals surface area contributed by atoms with E-state index in [4.69, 9.17) is 4.74 Å².